The number of anilines is 1. The number of thioether (sulfide) groups is 1. The molecule has 1 aliphatic rings. The highest BCUT2D eigenvalue weighted by Gasteiger charge is 2.22. The number of carbonyl (C=O) groups is 1. The van der Waals surface area contributed by atoms with Crippen LogP contribution in [0.3, 0.4) is 0 Å². The average Bonchev–Trinajstić information content (AvgIpc) is 3.13. The number of benzene rings is 1. The summed E-state index contributed by atoms with van der Waals surface area (Å²) in [5.74, 6) is 2.86. The van der Waals surface area contributed by atoms with E-state index in [4.69, 9.17) is 9.72 Å². The smallest absolute Gasteiger partial charge is 0.234 e. The summed E-state index contributed by atoms with van der Waals surface area (Å²) in [4.78, 5) is 21.7. The van der Waals surface area contributed by atoms with Crippen molar-refractivity contribution in [2.75, 3.05) is 18.2 Å². The highest BCUT2D eigenvalue weighted by atomic mass is 32.2. The summed E-state index contributed by atoms with van der Waals surface area (Å²) in [7, 11) is 1.63. The number of rotatable bonds is 7. The van der Waals surface area contributed by atoms with Gasteiger partial charge in [0.1, 0.15) is 17.1 Å². The van der Waals surface area contributed by atoms with E-state index in [0.717, 1.165) is 28.4 Å². The zero-order chi connectivity index (χ0) is 20.1. The molecule has 3 aromatic rings. The molecule has 1 fully saturated rings. The number of nitrogens with zero attached hydrogens (tertiary/aromatic N) is 3. The summed E-state index contributed by atoms with van der Waals surface area (Å²) in [6.07, 6.45) is 8.02. The first-order valence-electron chi connectivity index (χ1n) is 10.1. The zero-order valence-corrected chi connectivity index (χ0v) is 17.5. The number of imidazole rings is 1. The van der Waals surface area contributed by atoms with E-state index in [-0.39, 0.29) is 5.91 Å². The van der Waals surface area contributed by atoms with Crippen molar-refractivity contribution in [3.8, 4) is 5.75 Å². The molecular formula is C22H26N4O2S. The SMILES string of the molecule is COc1ccc(NC(=O)CSCc2nc3cccnc3n2C2CCCCC2)cc1. The molecule has 0 spiro atoms. The maximum Gasteiger partial charge on any atom is 0.234 e. The lowest BCUT2D eigenvalue weighted by Gasteiger charge is -2.25. The van der Waals surface area contributed by atoms with Gasteiger partial charge in [-0.1, -0.05) is 19.3 Å². The maximum absolute atomic E-state index is 12.3. The number of fused-ring (bicyclic) bond motifs is 1. The number of carbonyl (C=O) groups excluding carboxylic acids is 1. The van der Waals surface area contributed by atoms with Crippen LogP contribution < -0.4 is 10.1 Å². The summed E-state index contributed by atoms with van der Waals surface area (Å²) in [6.45, 7) is 0. The van der Waals surface area contributed by atoms with Crippen LogP contribution in [0.25, 0.3) is 11.2 Å². The molecule has 1 aliphatic carbocycles. The van der Waals surface area contributed by atoms with Gasteiger partial charge in [0.2, 0.25) is 5.91 Å². The predicted molar refractivity (Wildman–Crippen MR) is 117 cm³/mol. The average molecular weight is 411 g/mol. The van der Waals surface area contributed by atoms with Crippen LogP contribution in [0.2, 0.25) is 0 Å². The van der Waals surface area contributed by atoms with Crippen molar-refractivity contribution in [2.45, 2.75) is 43.9 Å². The van der Waals surface area contributed by atoms with Crippen LogP contribution in [0, 0.1) is 0 Å². The van der Waals surface area contributed by atoms with Gasteiger partial charge in [-0.05, 0) is 49.2 Å². The second kappa shape index (κ2) is 9.31. The van der Waals surface area contributed by atoms with Gasteiger partial charge in [0.05, 0.1) is 18.6 Å². The number of nitrogens with one attached hydrogen (secondary N) is 1. The molecule has 6 nitrogen and oxygen atoms in total. The van der Waals surface area contributed by atoms with Crippen molar-refractivity contribution >= 4 is 34.5 Å². The molecular weight excluding hydrogens is 384 g/mol. The standard InChI is InChI=1S/C22H26N4O2S/c1-28-18-11-9-16(10-12-18)24-21(27)15-29-14-20-25-19-8-5-13-23-22(19)26(20)17-6-3-2-4-7-17/h5,8-13,17H,2-4,6-7,14-15H2,1H3,(H,24,27). The summed E-state index contributed by atoms with van der Waals surface area (Å²) in [6, 6.07) is 11.8. The van der Waals surface area contributed by atoms with E-state index in [1.54, 1.807) is 18.9 Å². The predicted octanol–water partition coefficient (Wildman–Crippen LogP) is 4.82. The van der Waals surface area contributed by atoms with E-state index in [2.05, 4.69) is 14.9 Å². The van der Waals surface area contributed by atoms with Crippen LogP contribution in [0.5, 0.6) is 5.75 Å². The molecule has 152 valence electrons. The van der Waals surface area contributed by atoms with Crippen LogP contribution in [-0.4, -0.2) is 33.3 Å². The molecule has 1 N–H and O–H groups in total. The van der Waals surface area contributed by atoms with Gasteiger partial charge in [0.15, 0.2) is 5.65 Å². The van der Waals surface area contributed by atoms with Crippen molar-refractivity contribution in [3.63, 3.8) is 0 Å². The van der Waals surface area contributed by atoms with Gasteiger partial charge in [-0.25, -0.2) is 9.97 Å². The number of hydrogen-bond donors (Lipinski definition) is 1. The Labute approximate surface area is 175 Å². The fourth-order valence-corrected chi connectivity index (χ4v) is 4.65. The topological polar surface area (TPSA) is 69.0 Å². The molecule has 1 amide bonds. The van der Waals surface area contributed by atoms with Crippen LogP contribution in [0.1, 0.15) is 44.0 Å². The van der Waals surface area contributed by atoms with Crippen LogP contribution >= 0.6 is 11.8 Å². The third-order valence-electron chi connectivity index (χ3n) is 5.30. The number of hydrogen-bond acceptors (Lipinski definition) is 5. The Morgan fingerprint density at radius 1 is 1.21 bits per heavy atom. The first kappa shape index (κ1) is 19.8. The number of pyridine rings is 1. The monoisotopic (exact) mass is 410 g/mol. The number of amides is 1. The normalized spacial score (nSPS) is 14.8. The van der Waals surface area contributed by atoms with Gasteiger partial charge < -0.3 is 14.6 Å². The van der Waals surface area contributed by atoms with Gasteiger partial charge in [-0.15, -0.1) is 11.8 Å². The van der Waals surface area contributed by atoms with E-state index < -0.39 is 0 Å². The lowest BCUT2D eigenvalue weighted by molar-refractivity contribution is -0.113. The van der Waals surface area contributed by atoms with Gasteiger partial charge >= 0.3 is 0 Å². The van der Waals surface area contributed by atoms with Crippen molar-refractivity contribution in [1.82, 2.24) is 14.5 Å². The summed E-state index contributed by atoms with van der Waals surface area (Å²) < 4.78 is 7.47. The molecule has 0 bridgehead atoms. The fraction of sp³-hybridized carbons (Fsp3) is 0.409. The summed E-state index contributed by atoms with van der Waals surface area (Å²) in [5, 5.41) is 2.93. The van der Waals surface area contributed by atoms with Crippen molar-refractivity contribution in [1.29, 1.82) is 0 Å². The minimum absolute atomic E-state index is 0.0152. The van der Waals surface area contributed by atoms with E-state index >= 15 is 0 Å². The van der Waals surface area contributed by atoms with Gasteiger partial charge in [0.25, 0.3) is 0 Å². The lowest BCUT2D eigenvalue weighted by atomic mass is 9.95. The molecule has 7 heteroatoms. The highest BCUT2D eigenvalue weighted by molar-refractivity contribution is 7.99. The van der Waals surface area contributed by atoms with Crippen LogP contribution in [0.4, 0.5) is 5.69 Å². The molecule has 1 saturated carbocycles. The molecule has 0 radical (unpaired) electrons. The maximum atomic E-state index is 12.3. The Balaban J connectivity index is 1.40. The highest BCUT2D eigenvalue weighted by Crippen LogP contribution is 2.32. The van der Waals surface area contributed by atoms with Crippen molar-refractivity contribution in [3.05, 3.63) is 48.4 Å². The van der Waals surface area contributed by atoms with E-state index in [1.807, 2.05) is 42.6 Å². The number of ether oxygens (including phenoxy) is 1. The molecule has 0 aliphatic heterocycles. The molecule has 0 saturated heterocycles. The molecule has 1 aromatic carbocycles. The van der Waals surface area contributed by atoms with E-state index in [9.17, 15) is 4.79 Å². The Kier molecular flexibility index (Phi) is 6.34. The molecule has 2 aromatic heterocycles. The minimum Gasteiger partial charge on any atom is -0.497 e. The molecule has 0 atom stereocenters. The lowest BCUT2D eigenvalue weighted by Crippen LogP contribution is -2.17. The van der Waals surface area contributed by atoms with E-state index in [0.29, 0.717) is 17.5 Å². The molecule has 2 heterocycles. The first-order chi connectivity index (χ1) is 14.2. The molecule has 0 unspecified atom stereocenters. The third kappa shape index (κ3) is 4.72. The van der Waals surface area contributed by atoms with Crippen LogP contribution in [0.15, 0.2) is 42.6 Å². The Morgan fingerprint density at radius 3 is 2.76 bits per heavy atom. The zero-order valence-electron chi connectivity index (χ0n) is 16.6. The van der Waals surface area contributed by atoms with Gasteiger partial charge in [0, 0.05) is 17.9 Å². The summed E-state index contributed by atoms with van der Waals surface area (Å²) in [5.41, 5.74) is 2.68. The molecule has 4 rings (SSSR count). The van der Waals surface area contributed by atoms with Gasteiger partial charge in [-0.2, -0.15) is 0 Å². The second-order valence-electron chi connectivity index (χ2n) is 7.31. The van der Waals surface area contributed by atoms with Crippen LogP contribution in [-0.2, 0) is 10.5 Å². The number of aromatic nitrogens is 3. The Hall–Kier alpha value is -2.54. The van der Waals surface area contributed by atoms with E-state index in [1.165, 1.54) is 32.1 Å². The van der Waals surface area contributed by atoms with Gasteiger partial charge in [-0.3, -0.25) is 4.79 Å². The Morgan fingerprint density at radius 2 is 2.00 bits per heavy atom. The second-order valence-corrected chi connectivity index (χ2v) is 8.29. The molecule has 29 heavy (non-hydrogen) atoms. The minimum atomic E-state index is -0.0152. The third-order valence-corrected chi connectivity index (χ3v) is 6.23. The fourth-order valence-electron chi connectivity index (χ4n) is 3.91. The Bertz CT molecular complexity index is 965. The van der Waals surface area contributed by atoms with Crippen molar-refractivity contribution < 1.29 is 9.53 Å². The number of methoxy groups -OCH3 is 1. The first-order valence-corrected chi connectivity index (χ1v) is 11.2. The summed E-state index contributed by atoms with van der Waals surface area (Å²) >= 11 is 1.59. The van der Waals surface area contributed by atoms with Crippen molar-refractivity contribution in [2.24, 2.45) is 0 Å². The largest absolute Gasteiger partial charge is 0.497 e. The quantitative estimate of drug-likeness (QED) is 0.605.